The molecule has 0 saturated heterocycles. The minimum Gasteiger partial charge on any atom is -0.310 e. The summed E-state index contributed by atoms with van der Waals surface area (Å²) in [7, 11) is 0. The molecule has 1 aliphatic rings. The summed E-state index contributed by atoms with van der Waals surface area (Å²) in [6.45, 7) is 7.39. The highest BCUT2D eigenvalue weighted by Gasteiger charge is 2.44. The number of anilines is 1. The molecule has 4 unspecified atom stereocenters. The van der Waals surface area contributed by atoms with Crippen LogP contribution in [0.15, 0.2) is 66.0 Å². The minimum atomic E-state index is -1.06. The van der Waals surface area contributed by atoms with Crippen LogP contribution in [0, 0.1) is 11.3 Å². The fourth-order valence-corrected chi connectivity index (χ4v) is 6.03. The highest BCUT2D eigenvalue weighted by Crippen LogP contribution is 2.40. The second-order valence-electron chi connectivity index (χ2n) is 10.7. The van der Waals surface area contributed by atoms with Crippen molar-refractivity contribution in [3.8, 4) is 0 Å². The van der Waals surface area contributed by atoms with Gasteiger partial charge in [-0.25, -0.2) is 0 Å². The molecule has 1 aliphatic heterocycles. The Bertz CT molecular complexity index is 1440. The lowest BCUT2D eigenvalue weighted by Crippen LogP contribution is -2.46. The lowest BCUT2D eigenvalue weighted by Gasteiger charge is -2.31. The third kappa shape index (κ3) is 6.66. The highest BCUT2D eigenvalue weighted by atomic mass is 35.5. The number of ketones is 1. The van der Waals surface area contributed by atoms with E-state index in [1.54, 1.807) is 19.2 Å². The van der Waals surface area contributed by atoms with Crippen LogP contribution in [0.5, 0.6) is 0 Å². The van der Waals surface area contributed by atoms with Crippen molar-refractivity contribution in [3.63, 3.8) is 0 Å². The maximum Gasteiger partial charge on any atom is 0.280 e. The van der Waals surface area contributed by atoms with E-state index in [-0.39, 0.29) is 45.1 Å². The number of rotatable bonds is 10. The summed E-state index contributed by atoms with van der Waals surface area (Å²) in [5, 5.41) is 13.2. The van der Waals surface area contributed by atoms with Crippen LogP contribution in [0.2, 0.25) is 15.1 Å². The van der Waals surface area contributed by atoms with Crippen molar-refractivity contribution < 1.29 is 14.4 Å². The van der Waals surface area contributed by atoms with Crippen molar-refractivity contribution in [2.75, 3.05) is 5.01 Å². The summed E-state index contributed by atoms with van der Waals surface area (Å²) < 4.78 is 1.41. The quantitative estimate of drug-likeness (QED) is 0.264. The Balaban J connectivity index is 1.62. The molecule has 0 fully saturated rings. The largest absolute Gasteiger partial charge is 0.310 e. The molecular weight excluding hydrogens is 585 g/mol. The molecule has 4 atom stereocenters. The van der Waals surface area contributed by atoms with Gasteiger partial charge in [0.15, 0.2) is 11.9 Å². The van der Waals surface area contributed by atoms with Gasteiger partial charge in [-0.15, -0.1) is 5.10 Å². The number of halogens is 3. The van der Waals surface area contributed by atoms with Gasteiger partial charge in [-0.05, 0) is 55.9 Å². The number of hydrogen-bond donors (Lipinski definition) is 1. The third-order valence-electron chi connectivity index (χ3n) is 7.74. The summed E-state index contributed by atoms with van der Waals surface area (Å²) in [4.78, 5) is 40.3. The zero-order chi connectivity index (χ0) is 29.9. The maximum atomic E-state index is 13.9. The normalized spacial score (nSPS) is 18.0. The molecule has 0 spiro atoms. The third-order valence-corrected chi connectivity index (χ3v) is 8.54. The number of aromatic nitrogens is 2. The van der Waals surface area contributed by atoms with E-state index in [4.69, 9.17) is 34.8 Å². The average Bonchev–Trinajstić information content (AvgIpc) is 3.56. The van der Waals surface area contributed by atoms with Crippen LogP contribution < -0.4 is 10.3 Å². The molecule has 0 bridgehead atoms. The molecular formula is C30H32Cl3N5O3. The van der Waals surface area contributed by atoms with Crippen LogP contribution in [0.3, 0.4) is 0 Å². The smallest absolute Gasteiger partial charge is 0.280 e. The van der Waals surface area contributed by atoms with E-state index in [1.807, 2.05) is 44.2 Å². The molecule has 216 valence electrons. The number of amides is 2. The molecule has 41 heavy (non-hydrogen) atoms. The van der Waals surface area contributed by atoms with Crippen molar-refractivity contribution in [1.29, 1.82) is 0 Å². The Morgan fingerprint density at radius 3 is 2.32 bits per heavy atom. The number of amidine groups is 1. The van der Waals surface area contributed by atoms with E-state index in [0.717, 1.165) is 10.6 Å². The van der Waals surface area contributed by atoms with Gasteiger partial charge >= 0.3 is 0 Å². The first-order chi connectivity index (χ1) is 19.4. The fourth-order valence-electron chi connectivity index (χ4n) is 5.05. The van der Waals surface area contributed by atoms with Gasteiger partial charge < -0.3 is 5.32 Å². The molecule has 2 aromatic carbocycles. The van der Waals surface area contributed by atoms with Crippen LogP contribution in [0.25, 0.3) is 0 Å². The Morgan fingerprint density at radius 2 is 1.76 bits per heavy atom. The Labute approximate surface area is 254 Å². The van der Waals surface area contributed by atoms with Gasteiger partial charge in [0.2, 0.25) is 5.91 Å². The molecule has 2 amide bonds. The predicted molar refractivity (Wildman–Crippen MR) is 162 cm³/mol. The Hall–Kier alpha value is -3.20. The monoisotopic (exact) mass is 615 g/mol. The molecule has 0 aliphatic carbocycles. The highest BCUT2D eigenvalue weighted by molar-refractivity contribution is 6.42. The van der Waals surface area contributed by atoms with Crippen molar-refractivity contribution in [3.05, 3.63) is 81.6 Å². The number of hydrogen-bond acceptors (Lipinski definition) is 5. The van der Waals surface area contributed by atoms with Gasteiger partial charge in [0, 0.05) is 28.7 Å². The Kier molecular flexibility index (Phi) is 9.57. The first-order valence-corrected chi connectivity index (χ1v) is 14.5. The van der Waals surface area contributed by atoms with Gasteiger partial charge in [-0.3, -0.25) is 19.1 Å². The van der Waals surface area contributed by atoms with Crippen LogP contribution >= 0.6 is 34.8 Å². The standard InChI is InChI=1S/C30H32Cl3N5O3/c1-5-30(4,17-21(19(3)39)14-18(2)20-10-7-6-8-11-20)29(41)35-27-26(37-13-9-12-34-37)28(40)38(36-27)25-23(32)15-22(31)16-24(25)33/h6-13,15-16,18,21,26H,5,14,17H2,1-4H3,(H,35,36,41). The number of carbonyl (C=O) groups excluding carboxylic acids is 3. The second-order valence-corrected chi connectivity index (χ2v) is 11.9. The van der Waals surface area contributed by atoms with Gasteiger partial charge in [-0.1, -0.05) is 85.9 Å². The average molecular weight is 617 g/mol. The van der Waals surface area contributed by atoms with E-state index >= 15 is 0 Å². The zero-order valence-electron chi connectivity index (χ0n) is 23.3. The first kappa shape index (κ1) is 30.8. The van der Waals surface area contributed by atoms with Crippen molar-refractivity contribution in [1.82, 2.24) is 15.1 Å². The molecule has 3 aromatic rings. The number of nitrogens with one attached hydrogen (secondary N) is 1. The van der Waals surface area contributed by atoms with Crippen molar-refractivity contribution in [2.45, 2.75) is 58.9 Å². The number of benzene rings is 2. The predicted octanol–water partition coefficient (Wildman–Crippen LogP) is 7.07. The maximum absolute atomic E-state index is 13.9. The molecule has 8 nitrogen and oxygen atoms in total. The van der Waals surface area contributed by atoms with Gasteiger partial charge in [0.05, 0.1) is 10.0 Å². The minimum absolute atomic E-state index is 0.0289. The molecule has 11 heteroatoms. The van der Waals surface area contributed by atoms with Gasteiger partial charge in [0.1, 0.15) is 11.5 Å². The summed E-state index contributed by atoms with van der Waals surface area (Å²) in [6, 6.07) is 13.5. The number of carbonyl (C=O) groups is 3. The lowest BCUT2D eigenvalue weighted by molar-refractivity contribution is -0.131. The molecule has 1 N–H and O–H groups in total. The molecule has 0 saturated carbocycles. The van der Waals surface area contributed by atoms with E-state index in [9.17, 15) is 14.4 Å². The molecule has 0 radical (unpaired) electrons. The van der Waals surface area contributed by atoms with Crippen LogP contribution in [-0.2, 0) is 14.4 Å². The van der Waals surface area contributed by atoms with Crippen LogP contribution in [-0.4, -0.2) is 33.2 Å². The van der Waals surface area contributed by atoms with Gasteiger partial charge in [0.25, 0.3) is 5.91 Å². The number of hydrazone groups is 1. The van der Waals surface area contributed by atoms with Crippen molar-refractivity contribution in [2.24, 2.45) is 16.4 Å². The summed E-state index contributed by atoms with van der Waals surface area (Å²) in [5.41, 5.74) is 0.367. The lowest BCUT2D eigenvalue weighted by atomic mass is 9.74. The SMILES string of the molecule is CCC(C)(CC(CC(C)c1ccccc1)C(C)=O)C(=O)NC1=NN(c2c(Cl)cc(Cl)cc2Cl)C(=O)C1n1cccn1. The summed E-state index contributed by atoms with van der Waals surface area (Å²) in [6.07, 6.45) is 4.55. The first-order valence-electron chi connectivity index (χ1n) is 13.4. The summed E-state index contributed by atoms with van der Waals surface area (Å²) >= 11 is 18.9. The second kappa shape index (κ2) is 12.8. The fraction of sp³-hybridized carbons (Fsp3) is 0.367. The number of Topliss-reactive ketones (excluding diaryl/α,β-unsaturated/α-hetero) is 1. The molecule has 1 aromatic heterocycles. The molecule has 4 rings (SSSR count). The molecule has 2 heterocycles. The van der Waals surface area contributed by atoms with Gasteiger partial charge in [-0.2, -0.15) is 10.1 Å². The van der Waals surface area contributed by atoms with Crippen LogP contribution in [0.1, 0.15) is 64.5 Å². The van der Waals surface area contributed by atoms with Crippen molar-refractivity contribution >= 4 is 63.9 Å². The van der Waals surface area contributed by atoms with E-state index in [1.165, 1.54) is 23.0 Å². The summed E-state index contributed by atoms with van der Waals surface area (Å²) in [5.74, 6) is -0.955. The van der Waals surface area contributed by atoms with E-state index in [0.29, 0.717) is 24.3 Å². The van der Waals surface area contributed by atoms with Crippen LogP contribution in [0.4, 0.5) is 5.69 Å². The Morgan fingerprint density at radius 1 is 1.10 bits per heavy atom. The zero-order valence-corrected chi connectivity index (χ0v) is 25.5. The van der Waals surface area contributed by atoms with E-state index in [2.05, 4.69) is 22.4 Å². The number of nitrogens with zero attached hydrogens (tertiary/aromatic N) is 4. The van der Waals surface area contributed by atoms with E-state index < -0.39 is 17.4 Å². The topological polar surface area (TPSA) is 96.7 Å².